The highest BCUT2D eigenvalue weighted by molar-refractivity contribution is 5.74. The summed E-state index contributed by atoms with van der Waals surface area (Å²) in [4.78, 5) is 12.0. The van der Waals surface area contributed by atoms with E-state index in [0.29, 0.717) is 5.92 Å². The van der Waals surface area contributed by atoms with Crippen LogP contribution in [0.1, 0.15) is 55.4 Å². The van der Waals surface area contributed by atoms with E-state index in [1.807, 2.05) is 20.8 Å². The second-order valence-corrected chi connectivity index (χ2v) is 6.62. The molecule has 0 unspecified atom stereocenters. The lowest BCUT2D eigenvalue weighted by Crippen LogP contribution is -2.38. The van der Waals surface area contributed by atoms with Crippen LogP contribution in [0.25, 0.3) is 0 Å². The predicted octanol–water partition coefficient (Wildman–Crippen LogP) is 3.65. The molecule has 0 aliphatic rings. The largest absolute Gasteiger partial charge is 0.460 e. The highest BCUT2D eigenvalue weighted by atomic mass is 16.6. The summed E-state index contributed by atoms with van der Waals surface area (Å²) in [7, 11) is 0. The summed E-state index contributed by atoms with van der Waals surface area (Å²) in [5.41, 5.74) is -0.439. The van der Waals surface area contributed by atoms with E-state index in [2.05, 4.69) is 34.6 Å². The van der Waals surface area contributed by atoms with Gasteiger partial charge in [0.15, 0.2) is 0 Å². The Bertz CT molecular complexity index is 216. The molecule has 2 nitrogen and oxygen atoms in total. The number of ether oxygens (including phenoxy) is 1. The van der Waals surface area contributed by atoms with Gasteiger partial charge in [-0.05, 0) is 32.1 Å². The van der Waals surface area contributed by atoms with Crippen LogP contribution in [0.4, 0.5) is 0 Å². The monoisotopic (exact) mass is 214 g/mol. The van der Waals surface area contributed by atoms with Crippen molar-refractivity contribution < 1.29 is 9.53 Å². The lowest BCUT2D eigenvalue weighted by atomic mass is 9.74. The maximum atomic E-state index is 12.0. The minimum absolute atomic E-state index is 0.0447. The third kappa shape index (κ3) is 5.19. The Balaban J connectivity index is 4.74. The Morgan fingerprint density at radius 3 is 1.60 bits per heavy atom. The zero-order valence-electron chi connectivity index (χ0n) is 11.5. The molecule has 0 heterocycles. The fourth-order valence-corrected chi connectivity index (χ4v) is 1.99. The van der Waals surface area contributed by atoms with Crippen LogP contribution in [0.2, 0.25) is 0 Å². The maximum absolute atomic E-state index is 12.0. The summed E-state index contributed by atoms with van der Waals surface area (Å²) in [6.07, 6.45) is 0. The van der Waals surface area contributed by atoms with Crippen molar-refractivity contribution in [2.24, 2.45) is 17.3 Å². The van der Waals surface area contributed by atoms with E-state index in [-0.39, 0.29) is 17.3 Å². The zero-order chi connectivity index (χ0) is 12.4. The fourth-order valence-electron chi connectivity index (χ4n) is 1.99. The molecule has 0 aromatic rings. The lowest BCUT2D eigenvalue weighted by molar-refractivity contribution is -0.166. The first-order chi connectivity index (χ1) is 6.45. The van der Waals surface area contributed by atoms with E-state index in [1.165, 1.54) is 0 Å². The molecule has 2 heteroatoms. The summed E-state index contributed by atoms with van der Waals surface area (Å²) in [6.45, 7) is 16.1. The molecule has 0 radical (unpaired) electrons. The van der Waals surface area contributed by atoms with Crippen molar-refractivity contribution in [1.82, 2.24) is 0 Å². The van der Waals surface area contributed by atoms with Crippen molar-refractivity contribution in [1.29, 1.82) is 0 Å². The van der Waals surface area contributed by atoms with Crippen molar-refractivity contribution >= 4 is 5.97 Å². The second-order valence-electron chi connectivity index (χ2n) is 6.62. The average Bonchev–Trinajstić information content (AvgIpc) is 1.74. The Hall–Kier alpha value is -0.530. The number of hydrogen-bond acceptors (Lipinski definition) is 2. The number of carbonyl (C=O) groups excluding carboxylic acids is 1. The lowest BCUT2D eigenvalue weighted by Gasteiger charge is -2.34. The van der Waals surface area contributed by atoms with Gasteiger partial charge in [0.05, 0.1) is 5.92 Å². The van der Waals surface area contributed by atoms with Crippen molar-refractivity contribution in [3.63, 3.8) is 0 Å². The van der Waals surface area contributed by atoms with Gasteiger partial charge in [-0.25, -0.2) is 0 Å². The van der Waals surface area contributed by atoms with E-state index in [1.54, 1.807) is 0 Å². The molecule has 0 saturated heterocycles. The molecule has 0 spiro atoms. The smallest absolute Gasteiger partial charge is 0.310 e. The number of carbonyl (C=O) groups is 1. The minimum Gasteiger partial charge on any atom is -0.460 e. The molecule has 0 aromatic carbocycles. The van der Waals surface area contributed by atoms with E-state index < -0.39 is 5.60 Å². The van der Waals surface area contributed by atoms with Crippen LogP contribution in [0.5, 0.6) is 0 Å². The summed E-state index contributed by atoms with van der Waals surface area (Å²) < 4.78 is 5.45. The Morgan fingerprint density at radius 1 is 1.00 bits per heavy atom. The summed E-state index contributed by atoms with van der Waals surface area (Å²) in [5.74, 6) is 0.182. The molecule has 0 fully saturated rings. The molecule has 0 amide bonds. The van der Waals surface area contributed by atoms with Crippen LogP contribution < -0.4 is 0 Å². The molecule has 15 heavy (non-hydrogen) atoms. The average molecular weight is 214 g/mol. The second kappa shape index (κ2) is 4.54. The van der Waals surface area contributed by atoms with E-state index >= 15 is 0 Å². The Labute approximate surface area is 94.4 Å². The zero-order valence-corrected chi connectivity index (χ0v) is 11.5. The third-order valence-corrected chi connectivity index (χ3v) is 2.26. The van der Waals surface area contributed by atoms with Gasteiger partial charge in [-0.15, -0.1) is 0 Å². The normalized spacial score (nSPS) is 15.3. The summed E-state index contributed by atoms with van der Waals surface area (Å²) in [5, 5.41) is 0. The topological polar surface area (TPSA) is 26.3 Å². The number of esters is 1. The number of hydrogen-bond donors (Lipinski definition) is 0. The first kappa shape index (κ1) is 14.5. The molecule has 0 rings (SSSR count). The molecular formula is C13H26O2. The van der Waals surface area contributed by atoms with Gasteiger partial charge in [0, 0.05) is 0 Å². The van der Waals surface area contributed by atoms with E-state index in [9.17, 15) is 4.79 Å². The predicted molar refractivity (Wildman–Crippen MR) is 63.6 cm³/mol. The van der Waals surface area contributed by atoms with Gasteiger partial charge in [0.2, 0.25) is 0 Å². The van der Waals surface area contributed by atoms with Crippen LogP contribution >= 0.6 is 0 Å². The molecule has 0 aliphatic carbocycles. The molecule has 1 atom stereocenters. The van der Waals surface area contributed by atoms with Gasteiger partial charge in [-0.3, -0.25) is 4.79 Å². The van der Waals surface area contributed by atoms with Crippen molar-refractivity contribution in [2.45, 2.75) is 61.0 Å². The molecule has 0 aromatic heterocycles. The molecule has 90 valence electrons. The Kier molecular flexibility index (Phi) is 4.38. The van der Waals surface area contributed by atoms with Crippen LogP contribution in [0.15, 0.2) is 0 Å². The van der Waals surface area contributed by atoms with Gasteiger partial charge in [0.1, 0.15) is 5.60 Å². The van der Waals surface area contributed by atoms with Crippen molar-refractivity contribution in [3.05, 3.63) is 0 Å². The highest BCUT2D eigenvalue weighted by Crippen LogP contribution is 2.34. The van der Waals surface area contributed by atoms with Gasteiger partial charge in [-0.1, -0.05) is 34.6 Å². The van der Waals surface area contributed by atoms with Gasteiger partial charge >= 0.3 is 5.97 Å². The summed E-state index contributed by atoms with van der Waals surface area (Å²) in [6, 6.07) is 0. The first-order valence-electron chi connectivity index (χ1n) is 5.68. The van der Waals surface area contributed by atoms with Crippen molar-refractivity contribution in [2.75, 3.05) is 0 Å². The SMILES string of the molecule is CC(C)[C@H](C(=O)OC(C)(C)C)C(C)(C)C. The maximum Gasteiger partial charge on any atom is 0.310 e. The van der Waals surface area contributed by atoms with Crippen LogP contribution in [0.3, 0.4) is 0 Å². The quantitative estimate of drug-likeness (QED) is 0.656. The van der Waals surface area contributed by atoms with Crippen LogP contribution in [-0.2, 0) is 9.53 Å². The fraction of sp³-hybridized carbons (Fsp3) is 0.923. The summed E-state index contributed by atoms with van der Waals surface area (Å²) >= 11 is 0. The van der Waals surface area contributed by atoms with Gasteiger partial charge in [0.25, 0.3) is 0 Å². The molecule has 0 bridgehead atoms. The van der Waals surface area contributed by atoms with Crippen LogP contribution in [0, 0.1) is 17.3 Å². The standard InChI is InChI=1S/C13H26O2/c1-9(2)10(12(3,4)5)11(14)15-13(6,7)8/h9-10H,1-8H3/t10-/m1/s1. The molecule has 0 saturated carbocycles. The van der Waals surface area contributed by atoms with Gasteiger partial charge < -0.3 is 4.74 Å². The third-order valence-electron chi connectivity index (χ3n) is 2.26. The van der Waals surface area contributed by atoms with E-state index in [0.717, 1.165) is 0 Å². The van der Waals surface area contributed by atoms with E-state index in [4.69, 9.17) is 4.74 Å². The first-order valence-corrected chi connectivity index (χ1v) is 5.68. The van der Waals surface area contributed by atoms with Gasteiger partial charge in [-0.2, -0.15) is 0 Å². The molecular weight excluding hydrogens is 188 g/mol. The Morgan fingerprint density at radius 2 is 1.40 bits per heavy atom. The molecule has 0 N–H and O–H groups in total. The molecule has 0 aliphatic heterocycles. The van der Waals surface area contributed by atoms with Crippen molar-refractivity contribution in [3.8, 4) is 0 Å². The highest BCUT2D eigenvalue weighted by Gasteiger charge is 2.36. The minimum atomic E-state index is -0.393. The van der Waals surface area contributed by atoms with Crippen LogP contribution in [-0.4, -0.2) is 11.6 Å². The number of rotatable bonds is 2.